The van der Waals surface area contributed by atoms with E-state index in [2.05, 4.69) is 12.2 Å². The molecule has 1 saturated carbocycles. The maximum absolute atomic E-state index is 11.9. The van der Waals surface area contributed by atoms with Gasteiger partial charge in [0.1, 0.15) is 6.61 Å². The molecule has 0 radical (unpaired) electrons. The van der Waals surface area contributed by atoms with Crippen LogP contribution >= 0.6 is 12.2 Å². The molecule has 110 valence electrons. The smallest absolute Gasteiger partial charge is 0.246 e. The van der Waals surface area contributed by atoms with Crippen molar-refractivity contribution in [3.63, 3.8) is 0 Å². The average Bonchev–Trinajstić information content (AvgIpc) is 2.37. The highest BCUT2D eigenvalue weighted by molar-refractivity contribution is 7.80. The van der Waals surface area contributed by atoms with Gasteiger partial charge in [-0.2, -0.15) is 0 Å². The fourth-order valence-corrected chi connectivity index (χ4v) is 2.55. The van der Waals surface area contributed by atoms with Crippen LogP contribution in [-0.2, 0) is 14.3 Å². The summed E-state index contributed by atoms with van der Waals surface area (Å²) in [7, 11) is 1.59. The molecule has 1 amide bonds. The first-order valence-corrected chi connectivity index (χ1v) is 7.08. The zero-order chi connectivity index (χ0) is 14.3. The Labute approximate surface area is 120 Å². The lowest BCUT2D eigenvalue weighted by molar-refractivity contribution is -0.127. The lowest BCUT2D eigenvalue weighted by atomic mass is 9.77. The van der Waals surface area contributed by atoms with Gasteiger partial charge in [-0.3, -0.25) is 4.79 Å². The zero-order valence-corrected chi connectivity index (χ0v) is 12.6. The van der Waals surface area contributed by atoms with Crippen molar-refractivity contribution in [1.29, 1.82) is 0 Å². The summed E-state index contributed by atoms with van der Waals surface area (Å²) in [6, 6.07) is 0. The SMILES string of the molecule is COCCOCC(=O)NC1(C(N)=S)CCC(C)CC1. The van der Waals surface area contributed by atoms with Gasteiger partial charge in [-0.25, -0.2) is 0 Å². The fourth-order valence-electron chi connectivity index (χ4n) is 2.30. The van der Waals surface area contributed by atoms with E-state index in [0.717, 1.165) is 25.7 Å². The van der Waals surface area contributed by atoms with Crippen molar-refractivity contribution in [2.75, 3.05) is 26.9 Å². The van der Waals surface area contributed by atoms with E-state index in [0.29, 0.717) is 24.1 Å². The highest BCUT2D eigenvalue weighted by Crippen LogP contribution is 2.32. The van der Waals surface area contributed by atoms with E-state index in [9.17, 15) is 4.79 Å². The summed E-state index contributed by atoms with van der Waals surface area (Å²) in [6.07, 6.45) is 3.69. The van der Waals surface area contributed by atoms with Crippen LogP contribution in [0.5, 0.6) is 0 Å². The van der Waals surface area contributed by atoms with E-state index in [1.807, 2.05) is 0 Å². The molecule has 0 unspecified atom stereocenters. The molecular formula is C13H24N2O3S. The molecular weight excluding hydrogens is 264 g/mol. The molecule has 0 saturated heterocycles. The highest BCUT2D eigenvalue weighted by Gasteiger charge is 2.38. The Morgan fingerprint density at radius 3 is 2.58 bits per heavy atom. The van der Waals surface area contributed by atoms with Crippen molar-refractivity contribution in [2.45, 2.75) is 38.1 Å². The number of rotatable bonds is 7. The van der Waals surface area contributed by atoms with Gasteiger partial charge in [-0.05, 0) is 31.6 Å². The monoisotopic (exact) mass is 288 g/mol. The number of ether oxygens (including phenoxy) is 2. The Balaban J connectivity index is 2.45. The molecule has 0 aliphatic heterocycles. The molecule has 0 heterocycles. The van der Waals surface area contributed by atoms with E-state index in [4.69, 9.17) is 27.4 Å². The molecule has 1 aliphatic carbocycles. The molecule has 19 heavy (non-hydrogen) atoms. The molecule has 1 fully saturated rings. The van der Waals surface area contributed by atoms with Crippen LogP contribution in [0.4, 0.5) is 0 Å². The summed E-state index contributed by atoms with van der Waals surface area (Å²) in [5.74, 6) is 0.496. The predicted molar refractivity (Wildman–Crippen MR) is 78.0 cm³/mol. The summed E-state index contributed by atoms with van der Waals surface area (Å²) < 4.78 is 10.0. The van der Waals surface area contributed by atoms with Gasteiger partial charge in [0.05, 0.1) is 23.7 Å². The molecule has 3 N–H and O–H groups in total. The van der Waals surface area contributed by atoms with Crippen molar-refractivity contribution in [2.24, 2.45) is 11.7 Å². The van der Waals surface area contributed by atoms with E-state index in [-0.39, 0.29) is 12.5 Å². The number of amides is 1. The molecule has 0 spiro atoms. The number of thiocarbonyl (C=S) groups is 1. The Kier molecular flexibility index (Phi) is 6.68. The van der Waals surface area contributed by atoms with Gasteiger partial charge in [-0.1, -0.05) is 19.1 Å². The van der Waals surface area contributed by atoms with Gasteiger partial charge in [0.25, 0.3) is 0 Å². The summed E-state index contributed by atoms with van der Waals surface area (Å²) in [4.78, 5) is 12.3. The molecule has 1 rings (SSSR count). The average molecular weight is 288 g/mol. The topological polar surface area (TPSA) is 73.6 Å². The van der Waals surface area contributed by atoms with Crippen LogP contribution in [0.25, 0.3) is 0 Å². The van der Waals surface area contributed by atoms with Crippen molar-refractivity contribution in [1.82, 2.24) is 5.32 Å². The Hall–Kier alpha value is -0.720. The number of nitrogens with two attached hydrogens (primary N) is 1. The molecule has 0 aromatic carbocycles. The van der Waals surface area contributed by atoms with Gasteiger partial charge in [0, 0.05) is 7.11 Å². The van der Waals surface area contributed by atoms with Crippen LogP contribution in [0, 0.1) is 5.92 Å². The molecule has 6 heteroatoms. The molecule has 0 aromatic rings. The Bertz CT molecular complexity index is 315. The molecule has 5 nitrogen and oxygen atoms in total. The summed E-state index contributed by atoms with van der Waals surface area (Å²) in [5, 5.41) is 2.96. The number of hydrogen-bond acceptors (Lipinski definition) is 4. The first kappa shape index (κ1) is 16.3. The van der Waals surface area contributed by atoms with E-state index < -0.39 is 5.54 Å². The van der Waals surface area contributed by atoms with E-state index in [1.54, 1.807) is 7.11 Å². The van der Waals surface area contributed by atoms with Crippen molar-refractivity contribution < 1.29 is 14.3 Å². The number of methoxy groups -OCH3 is 1. The van der Waals surface area contributed by atoms with Crippen LogP contribution in [0.2, 0.25) is 0 Å². The minimum Gasteiger partial charge on any atom is -0.391 e. The van der Waals surface area contributed by atoms with Gasteiger partial charge in [0.15, 0.2) is 0 Å². The maximum Gasteiger partial charge on any atom is 0.246 e. The third kappa shape index (κ3) is 5.04. The number of carbonyl (C=O) groups is 1. The standard InChI is InChI=1S/C13H24N2O3S/c1-10-3-5-13(6-4-10,12(14)19)15-11(16)9-18-8-7-17-2/h10H,3-9H2,1-2H3,(H2,14,19)(H,15,16). The predicted octanol–water partition coefficient (Wildman–Crippen LogP) is 1.00. The van der Waals surface area contributed by atoms with Crippen LogP contribution in [-0.4, -0.2) is 43.4 Å². The first-order valence-electron chi connectivity index (χ1n) is 6.68. The third-order valence-electron chi connectivity index (χ3n) is 3.64. The Morgan fingerprint density at radius 1 is 1.42 bits per heavy atom. The lowest BCUT2D eigenvalue weighted by Gasteiger charge is -2.39. The van der Waals surface area contributed by atoms with Crippen molar-refractivity contribution >= 4 is 23.1 Å². The van der Waals surface area contributed by atoms with Gasteiger partial charge < -0.3 is 20.5 Å². The van der Waals surface area contributed by atoms with Gasteiger partial charge in [0.2, 0.25) is 5.91 Å². The highest BCUT2D eigenvalue weighted by atomic mass is 32.1. The molecule has 0 atom stereocenters. The second-order valence-electron chi connectivity index (χ2n) is 5.22. The second kappa shape index (κ2) is 7.77. The number of carbonyl (C=O) groups excluding carboxylic acids is 1. The minimum atomic E-state index is -0.524. The molecule has 1 aliphatic rings. The third-order valence-corrected chi connectivity index (χ3v) is 4.03. The minimum absolute atomic E-state index is 0.0171. The summed E-state index contributed by atoms with van der Waals surface area (Å²) in [5.41, 5.74) is 5.30. The van der Waals surface area contributed by atoms with Crippen LogP contribution in [0.3, 0.4) is 0 Å². The lowest BCUT2D eigenvalue weighted by Crippen LogP contribution is -2.59. The van der Waals surface area contributed by atoms with Gasteiger partial charge >= 0.3 is 0 Å². The normalized spacial score (nSPS) is 26.9. The van der Waals surface area contributed by atoms with E-state index in [1.165, 1.54) is 0 Å². The fraction of sp³-hybridized carbons (Fsp3) is 0.846. The first-order chi connectivity index (χ1) is 9.00. The summed E-state index contributed by atoms with van der Waals surface area (Å²) in [6.45, 7) is 3.11. The van der Waals surface area contributed by atoms with E-state index >= 15 is 0 Å². The van der Waals surface area contributed by atoms with Crippen LogP contribution < -0.4 is 11.1 Å². The van der Waals surface area contributed by atoms with Gasteiger partial charge in [-0.15, -0.1) is 0 Å². The van der Waals surface area contributed by atoms with Crippen LogP contribution in [0.15, 0.2) is 0 Å². The summed E-state index contributed by atoms with van der Waals surface area (Å²) >= 11 is 5.14. The maximum atomic E-state index is 11.9. The quantitative estimate of drug-likeness (QED) is 0.540. The van der Waals surface area contributed by atoms with Crippen molar-refractivity contribution in [3.05, 3.63) is 0 Å². The largest absolute Gasteiger partial charge is 0.391 e. The zero-order valence-electron chi connectivity index (χ0n) is 11.7. The number of nitrogens with one attached hydrogen (secondary N) is 1. The number of hydrogen-bond donors (Lipinski definition) is 2. The van der Waals surface area contributed by atoms with Crippen molar-refractivity contribution in [3.8, 4) is 0 Å². The second-order valence-corrected chi connectivity index (χ2v) is 5.66. The Morgan fingerprint density at radius 2 is 2.05 bits per heavy atom. The molecule has 0 bridgehead atoms. The molecule has 0 aromatic heterocycles. The van der Waals surface area contributed by atoms with Crippen LogP contribution in [0.1, 0.15) is 32.6 Å².